The number of carbonyl (C=O) groups is 1. The number of morpholine rings is 1. The molecule has 4 rings (SSSR count). The molecule has 1 aliphatic rings. The minimum absolute atomic E-state index is 0.0560. The van der Waals surface area contributed by atoms with E-state index < -0.39 is 10.0 Å². The molecule has 0 aromatic heterocycles. The van der Waals surface area contributed by atoms with E-state index in [0.29, 0.717) is 25.3 Å². The highest BCUT2D eigenvalue weighted by molar-refractivity contribution is 7.89. The van der Waals surface area contributed by atoms with Crippen LogP contribution in [0.3, 0.4) is 0 Å². The molecule has 3 aromatic rings. The molecule has 1 heterocycles. The lowest BCUT2D eigenvalue weighted by Crippen LogP contribution is -2.43. The van der Waals surface area contributed by atoms with Gasteiger partial charge in [0.15, 0.2) is 0 Å². The molecule has 1 aliphatic heterocycles. The number of benzene rings is 3. The quantitative estimate of drug-likeness (QED) is 0.493. The monoisotopic (exact) mass is 479 g/mol. The van der Waals surface area contributed by atoms with E-state index in [2.05, 4.69) is 14.9 Å². The minimum atomic E-state index is -3.77. The molecule has 0 spiro atoms. The van der Waals surface area contributed by atoms with Crippen LogP contribution in [0.1, 0.15) is 27.5 Å². The minimum Gasteiger partial charge on any atom is -0.379 e. The summed E-state index contributed by atoms with van der Waals surface area (Å²) in [5.74, 6) is -0.317. The van der Waals surface area contributed by atoms with Crippen LogP contribution in [0.5, 0.6) is 0 Å². The zero-order valence-corrected chi connectivity index (χ0v) is 19.7. The highest BCUT2D eigenvalue weighted by Gasteiger charge is 2.22. The Morgan fingerprint density at radius 1 is 0.912 bits per heavy atom. The van der Waals surface area contributed by atoms with Gasteiger partial charge in [0.05, 0.1) is 24.2 Å². The fourth-order valence-electron chi connectivity index (χ4n) is 3.87. The largest absolute Gasteiger partial charge is 0.379 e. The molecular formula is C26H29N3O4S. The second-order valence-corrected chi connectivity index (χ2v) is 9.95. The van der Waals surface area contributed by atoms with Crippen molar-refractivity contribution in [3.05, 3.63) is 102 Å². The van der Waals surface area contributed by atoms with Crippen molar-refractivity contribution < 1.29 is 17.9 Å². The zero-order valence-electron chi connectivity index (χ0n) is 18.9. The molecule has 178 valence electrons. The maximum absolute atomic E-state index is 13.2. The van der Waals surface area contributed by atoms with E-state index in [1.54, 1.807) is 12.1 Å². The first-order valence-electron chi connectivity index (χ1n) is 11.3. The molecular weight excluding hydrogens is 450 g/mol. The Kier molecular flexibility index (Phi) is 8.08. The Labute approximate surface area is 200 Å². The molecule has 0 unspecified atom stereocenters. The predicted molar refractivity (Wildman–Crippen MR) is 131 cm³/mol. The van der Waals surface area contributed by atoms with Crippen molar-refractivity contribution in [2.24, 2.45) is 0 Å². The van der Waals surface area contributed by atoms with Crippen LogP contribution in [0.4, 0.5) is 0 Å². The van der Waals surface area contributed by atoms with Crippen LogP contribution in [-0.4, -0.2) is 52.1 Å². The molecule has 7 nitrogen and oxygen atoms in total. The van der Waals surface area contributed by atoms with Crippen molar-refractivity contribution in [2.45, 2.75) is 17.5 Å². The Bertz CT molecular complexity index is 1180. The molecule has 0 bridgehead atoms. The van der Waals surface area contributed by atoms with E-state index in [-0.39, 0.29) is 23.4 Å². The summed E-state index contributed by atoms with van der Waals surface area (Å²) in [7, 11) is -3.77. The topological polar surface area (TPSA) is 87.7 Å². The average Bonchev–Trinajstić information content (AvgIpc) is 2.89. The summed E-state index contributed by atoms with van der Waals surface area (Å²) in [6.45, 7) is 3.78. The summed E-state index contributed by atoms with van der Waals surface area (Å²) in [4.78, 5) is 15.5. The molecule has 1 amide bonds. The Morgan fingerprint density at radius 2 is 1.59 bits per heavy atom. The Hall–Kier alpha value is -3.04. The van der Waals surface area contributed by atoms with Crippen molar-refractivity contribution in [3.8, 4) is 0 Å². The van der Waals surface area contributed by atoms with Gasteiger partial charge < -0.3 is 10.1 Å². The van der Waals surface area contributed by atoms with Crippen LogP contribution >= 0.6 is 0 Å². The first-order valence-corrected chi connectivity index (χ1v) is 12.8. The number of hydrogen-bond donors (Lipinski definition) is 2. The van der Waals surface area contributed by atoms with Crippen molar-refractivity contribution in [3.63, 3.8) is 0 Å². The molecule has 0 saturated carbocycles. The van der Waals surface area contributed by atoms with Gasteiger partial charge in [0, 0.05) is 31.7 Å². The molecule has 1 saturated heterocycles. The number of hydrogen-bond acceptors (Lipinski definition) is 5. The van der Waals surface area contributed by atoms with Crippen molar-refractivity contribution >= 4 is 15.9 Å². The maximum Gasteiger partial charge on any atom is 0.251 e. The highest BCUT2D eigenvalue weighted by Crippen LogP contribution is 2.18. The van der Waals surface area contributed by atoms with Gasteiger partial charge in [0.1, 0.15) is 0 Å². The number of ether oxygens (including phenoxy) is 1. The highest BCUT2D eigenvalue weighted by atomic mass is 32.2. The van der Waals surface area contributed by atoms with Gasteiger partial charge in [0.2, 0.25) is 10.0 Å². The van der Waals surface area contributed by atoms with Crippen molar-refractivity contribution in [1.29, 1.82) is 0 Å². The van der Waals surface area contributed by atoms with Crippen LogP contribution in [0.25, 0.3) is 0 Å². The van der Waals surface area contributed by atoms with Gasteiger partial charge in [-0.05, 0) is 29.3 Å². The van der Waals surface area contributed by atoms with E-state index in [0.717, 1.165) is 24.2 Å². The van der Waals surface area contributed by atoms with Gasteiger partial charge in [-0.1, -0.05) is 66.7 Å². The van der Waals surface area contributed by atoms with Gasteiger partial charge in [0.25, 0.3) is 5.91 Å². The second-order valence-electron chi connectivity index (χ2n) is 8.19. The maximum atomic E-state index is 13.2. The summed E-state index contributed by atoms with van der Waals surface area (Å²) in [6.07, 6.45) is 0. The Morgan fingerprint density at radius 3 is 2.29 bits per heavy atom. The molecule has 8 heteroatoms. The summed E-state index contributed by atoms with van der Waals surface area (Å²) in [6, 6.07) is 25.0. The predicted octanol–water partition coefficient (Wildman–Crippen LogP) is 2.97. The summed E-state index contributed by atoms with van der Waals surface area (Å²) in [5.41, 5.74) is 2.15. The fourth-order valence-corrected chi connectivity index (χ4v) is 4.93. The van der Waals surface area contributed by atoms with E-state index >= 15 is 0 Å². The molecule has 1 atom stereocenters. The molecule has 34 heavy (non-hydrogen) atoms. The molecule has 1 fully saturated rings. The molecule has 2 N–H and O–H groups in total. The number of nitrogens with one attached hydrogen (secondary N) is 2. The SMILES string of the molecule is O=C(N[C@@H](CN1CCOCC1)c1ccccc1)c1cccc(S(=O)(=O)NCc2ccccc2)c1. The van der Waals surface area contributed by atoms with Crippen LogP contribution in [-0.2, 0) is 21.3 Å². The average molecular weight is 480 g/mol. The Balaban J connectivity index is 1.48. The third kappa shape index (κ3) is 6.51. The van der Waals surface area contributed by atoms with Gasteiger partial charge in [-0.25, -0.2) is 13.1 Å². The van der Waals surface area contributed by atoms with Crippen molar-refractivity contribution in [1.82, 2.24) is 14.9 Å². The number of amides is 1. The third-order valence-electron chi connectivity index (χ3n) is 5.77. The number of rotatable bonds is 9. The van der Waals surface area contributed by atoms with E-state index in [9.17, 15) is 13.2 Å². The van der Waals surface area contributed by atoms with Crippen molar-refractivity contribution in [2.75, 3.05) is 32.8 Å². The van der Waals surface area contributed by atoms with Crippen LogP contribution in [0.2, 0.25) is 0 Å². The number of sulfonamides is 1. The second kappa shape index (κ2) is 11.4. The molecule has 3 aromatic carbocycles. The summed E-state index contributed by atoms with van der Waals surface area (Å²) >= 11 is 0. The smallest absolute Gasteiger partial charge is 0.251 e. The normalized spacial score (nSPS) is 15.5. The number of nitrogens with zero attached hydrogens (tertiary/aromatic N) is 1. The van der Waals surface area contributed by atoms with Crippen LogP contribution in [0.15, 0.2) is 89.8 Å². The lowest BCUT2D eigenvalue weighted by Gasteiger charge is -2.31. The van der Waals surface area contributed by atoms with Gasteiger partial charge in [-0.2, -0.15) is 0 Å². The molecule has 0 aliphatic carbocycles. The van der Waals surface area contributed by atoms with E-state index in [4.69, 9.17) is 4.74 Å². The van der Waals surface area contributed by atoms with Gasteiger partial charge >= 0.3 is 0 Å². The standard InChI is InChI=1S/C26H29N3O4S/c30-26(28-25(22-10-5-2-6-11-22)20-29-14-16-33-17-15-29)23-12-7-13-24(18-23)34(31,32)27-19-21-8-3-1-4-9-21/h1-13,18,25,27H,14-17,19-20H2,(H,28,30)/t25-/m0/s1. The lowest BCUT2D eigenvalue weighted by atomic mass is 10.1. The van der Waals surface area contributed by atoms with E-state index in [1.807, 2.05) is 60.7 Å². The third-order valence-corrected chi connectivity index (χ3v) is 7.17. The molecule has 0 radical (unpaired) electrons. The lowest BCUT2D eigenvalue weighted by molar-refractivity contribution is 0.0332. The summed E-state index contributed by atoms with van der Waals surface area (Å²) in [5, 5.41) is 3.10. The van der Waals surface area contributed by atoms with Crippen LogP contribution in [0, 0.1) is 0 Å². The van der Waals surface area contributed by atoms with Crippen LogP contribution < -0.4 is 10.0 Å². The van der Waals surface area contributed by atoms with E-state index in [1.165, 1.54) is 12.1 Å². The number of carbonyl (C=O) groups excluding carboxylic acids is 1. The first-order chi connectivity index (χ1) is 16.5. The zero-order chi connectivity index (χ0) is 23.8. The van der Waals surface area contributed by atoms with Gasteiger partial charge in [-0.15, -0.1) is 0 Å². The fraction of sp³-hybridized carbons (Fsp3) is 0.269. The first kappa shape index (κ1) is 24.1. The summed E-state index contributed by atoms with van der Waals surface area (Å²) < 4.78 is 33.7. The van der Waals surface area contributed by atoms with Gasteiger partial charge in [-0.3, -0.25) is 9.69 Å².